The van der Waals surface area contributed by atoms with E-state index in [4.69, 9.17) is 0 Å². The van der Waals surface area contributed by atoms with Gasteiger partial charge in [0.15, 0.2) is 0 Å². The number of halogens is 2. The number of hydrogen-bond acceptors (Lipinski definition) is 2. The summed E-state index contributed by atoms with van der Waals surface area (Å²) in [5, 5.41) is 0. The topological polar surface area (TPSA) is 46.2 Å². The van der Waals surface area contributed by atoms with Crippen LogP contribution in [0.1, 0.15) is 5.56 Å². The van der Waals surface area contributed by atoms with Crippen LogP contribution in [0.15, 0.2) is 18.2 Å². The molecule has 0 heterocycles. The molecule has 0 spiro atoms. The fourth-order valence-corrected chi connectivity index (χ4v) is 1.36. The Morgan fingerprint density at radius 1 is 1.21 bits per heavy atom. The molecule has 0 aliphatic heterocycles. The van der Waals surface area contributed by atoms with Crippen molar-refractivity contribution in [3.8, 4) is 0 Å². The molecule has 0 saturated heterocycles. The molecule has 1 N–H and O–H groups in total. The molecule has 0 amide bonds. The number of sulfonamides is 1. The molecule has 0 bridgehead atoms. The largest absolute Gasteiger partial charge is 0.213 e. The van der Waals surface area contributed by atoms with E-state index in [-0.39, 0.29) is 12.1 Å². The van der Waals surface area contributed by atoms with E-state index in [1.54, 1.807) is 0 Å². The first-order chi connectivity index (χ1) is 6.37. The average molecular weight is 221 g/mol. The predicted octanol–water partition coefficient (Wildman–Crippen LogP) is 1.01. The average Bonchev–Trinajstić information content (AvgIpc) is 1.97. The summed E-state index contributed by atoms with van der Waals surface area (Å²) in [6, 6.07) is 2.87. The molecule has 78 valence electrons. The Morgan fingerprint density at radius 2 is 1.71 bits per heavy atom. The zero-order valence-electron chi connectivity index (χ0n) is 7.42. The Morgan fingerprint density at radius 3 is 2.14 bits per heavy atom. The first kappa shape index (κ1) is 11.1. The van der Waals surface area contributed by atoms with E-state index in [1.807, 2.05) is 0 Å². The standard InChI is InChI=1S/C8H9F2NO2S/c1-14(12,13)11-5-6-2-7(9)4-8(10)3-6/h2-4,11H,5H2,1H3. The van der Waals surface area contributed by atoms with E-state index in [0.29, 0.717) is 0 Å². The molecule has 3 nitrogen and oxygen atoms in total. The maximum Gasteiger partial charge on any atom is 0.209 e. The Kier molecular flexibility index (Phi) is 3.17. The van der Waals surface area contributed by atoms with Crippen molar-refractivity contribution in [2.24, 2.45) is 0 Å². The van der Waals surface area contributed by atoms with Gasteiger partial charge in [0.05, 0.1) is 6.26 Å². The van der Waals surface area contributed by atoms with Crippen molar-refractivity contribution < 1.29 is 17.2 Å². The van der Waals surface area contributed by atoms with Crippen LogP contribution in [-0.4, -0.2) is 14.7 Å². The minimum absolute atomic E-state index is 0.118. The van der Waals surface area contributed by atoms with Crippen LogP contribution in [0.4, 0.5) is 8.78 Å². The molecular formula is C8H9F2NO2S. The highest BCUT2D eigenvalue weighted by Crippen LogP contribution is 2.07. The highest BCUT2D eigenvalue weighted by molar-refractivity contribution is 7.88. The van der Waals surface area contributed by atoms with Crippen LogP contribution in [0, 0.1) is 11.6 Å². The van der Waals surface area contributed by atoms with E-state index in [1.165, 1.54) is 0 Å². The van der Waals surface area contributed by atoms with E-state index in [0.717, 1.165) is 24.5 Å². The van der Waals surface area contributed by atoms with Crippen LogP contribution in [0.25, 0.3) is 0 Å². The fraction of sp³-hybridized carbons (Fsp3) is 0.250. The molecule has 0 aliphatic carbocycles. The molecule has 0 radical (unpaired) electrons. The van der Waals surface area contributed by atoms with Crippen LogP contribution < -0.4 is 4.72 Å². The minimum atomic E-state index is -3.34. The second kappa shape index (κ2) is 4.02. The summed E-state index contributed by atoms with van der Waals surface area (Å²) in [6.07, 6.45) is 0.975. The van der Waals surface area contributed by atoms with E-state index in [2.05, 4.69) is 4.72 Å². The molecule has 14 heavy (non-hydrogen) atoms. The molecule has 6 heteroatoms. The van der Waals surface area contributed by atoms with Crippen molar-refractivity contribution in [1.29, 1.82) is 0 Å². The van der Waals surface area contributed by atoms with Crippen molar-refractivity contribution in [1.82, 2.24) is 4.72 Å². The lowest BCUT2D eigenvalue weighted by Crippen LogP contribution is -2.21. The first-order valence-electron chi connectivity index (χ1n) is 3.76. The first-order valence-corrected chi connectivity index (χ1v) is 5.65. The summed E-state index contributed by atoms with van der Waals surface area (Å²) in [4.78, 5) is 0. The molecule has 0 aliphatic rings. The second-order valence-corrected chi connectivity index (χ2v) is 4.70. The summed E-state index contributed by atoms with van der Waals surface area (Å²) >= 11 is 0. The van der Waals surface area contributed by atoms with E-state index >= 15 is 0 Å². The smallest absolute Gasteiger partial charge is 0.209 e. The van der Waals surface area contributed by atoms with Gasteiger partial charge in [0.25, 0.3) is 0 Å². The Hall–Kier alpha value is -1.01. The molecule has 0 atom stereocenters. The third-order valence-electron chi connectivity index (χ3n) is 1.46. The number of nitrogens with one attached hydrogen (secondary N) is 1. The number of benzene rings is 1. The Bertz CT molecular complexity index is 411. The zero-order valence-corrected chi connectivity index (χ0v) is 8.24. The lowest BCUT2D eigenvalue weighted by molar-refractivity contribution is 0.573. The Labute approximate surface area is 80.8 Å². The summed E-state index contributed by atoms with van der Waals surface area (Å²) in [5.74, 6) is -1.45. The van der Waals surface area contributed by atoms with Gasteiger partial charge >= 0.3 is 0 Å². The molecule has 0 fully saturated rings. The van der Waals surface area contributed by atoms with Crippen LogP contribution in [0.5, 0.6) is 0 Å². The highest BCUT2D eigenvalue weighted by Gasteiger charge is 2.03. The van der Waals surface area contributed by atoms with Gasteiger partial charge < -0.3 is 0 Å². The molecule has 1 aromatic carbocycles. The van der Waals surface area contributed by atoms with Crippen molar-refractivity contribution in [2.75, 3.05) is 6.26 Å². The third kappa shape index (κ3) is 3.80. The summed E-state index contributed by atoms with van der Waals surface area (Å²) in [7, 11) is -3.34. The van der Waals surface area contributed by atoms with Gasteiger partial charge in [-0.05, 0) is 17.7 Å². The van der Waals surface area contributed by atoms with Gasteiger partial charge in [-0.15, -0.1) is 0 Å². The van der Waals surface area contributed by atoms with Crippen molar-refractivity contribution in [3.63, 3.8) is 0 Å². The van der Waals surface area contributed by atoms with E-state index < -0.39 is 21.7 Å². The molecule has 0 aromatic heterocycles. The SMILES string of the molecule is CS(=O)(=O)NCc1cc(F)cc(F)c1. The van der Waals surface area contributed by atoms with Gasteiger partial charge in [0, 0.05) is 12.6 Å². The summed E-state index contributed by atoms with van der Waals surface area (Å²) in [5.41, 5.74) is 0.243. The van der Waals surface area contributed by atoms with Gasteiger partial charge in [0.2, 0.25) is 10.0 Å². The van der Waals surface area contributed by atoms with Gasteiger partial charge in [-0.25, -0.2) is 21.9 Å². The molecule has 1 aromatic rings. The van der Waals surface area contributed by atoms with Crippen molar-refractivity contribution >= 4 is 10.0 Å². The summed E-state index contributed by atoms with van der Waals surface area (Å²) in [6.45, 7) is -0.118. The number of hydrogen-bond donors (Lipinski definition) is 1. The van der Waals surface area contributed by atoms with Crippen molar-refractivity contribution in [3.05, 3.63) is 35.4 Å². The zero-order chi connectivity index (χ0) is 10.8. The molecular weight excluding hydrogens is 212 g/mol. The quantitative estimate of drug-likeness (QED) is 0.828. The molecule has 0 unspecified atom stereocenters. The van der Waals surface area contributed by atoms with Gasteiger partial charge in [-0.1, -0.05) is 0 Å². The lowest BCUT2D eigenvalue weighted by atomic mass is 10.2. The van der Waals surface area contributed by atoms with Crippen LogP contribution in [-0.2, 0) is 16.6 Å². The van der Waals surface area contributed by atoms with Crippen molar-refractivity contribution in [2.45, 2.75) is 6.54 Å². The minimum Gasteiger partial charge on any atom is -0.213 e. The van der Waals surface area contributed by atoms with Crippen LogP contribution in [0.3, 0.4) is 0 Å². The maximum absolute atomic E-state index is 12.6. The Balaban J connectivity index is 2.78. The van der Waals surface area contributed by atoms with Crippen LogP contribution >= 0.6 is 0 Å². The molecule has 1 rings (SSSR count). The normalized spacial score (nSPS) is 11.6. The predicted molar refractivity (Wildman–Crippen MR) is 48.0 cm³/mol. The van der Waals surface area contributed by atoms with Gasteiger partial charge in [-0.3, -0.25) is 0 Å². The summed E-state index contributed by atoms with van der Waals surface area (Å²) < 4.78 is 48.7. The maximum atomic E-state index is 12.6. The second-order valence-electron chi connectivity index (χ2n) is 2.87. The lowest BCUT2D eigenvalue weighted by Gasteiger charge is -2.02. The fourth-order valence-electron chi connectivity index (χ4n) is 0.927. The van der Waals surface area contributed by atoms with Gasteiger partial charge in [-0.2, -0.15) is 0 Å². The monoisotopic (exact) mass is 221 g/mol. The van der Waals surface area contributed by atoms with E-state index in [9.17, 15) is 17.2 Å². The highest BCUT2D eigenvalue weighted by atomic mass is 32.2. The van der Waals surface area contributed by atoms with Crippen LogP contribution in [0.2, 0.25) is 0 Å². The number of rotatable bonds is 3. The van der Waals surface area contributed by atoms with Gasteiger partial charge in [0.1, 0.15) is 11.6 Å². The third-order valence-corrected chi connectivity index (χ3v) is 2.13. The molecule has 0 saturated carbocycles.